The van der Waals surface area contributed by atoms with Gasteiger partial charge in [0, 0.05) is 23.1 Å². The minimum atomic E-state index is -0.385. The number of nitro groups is 1. The van der Waals surface area contributed by atoms with Gasteiger partial charge in [-0.2, -0.15) is 0 Å². The molecular formula is C19H24N4O2S. The molecule has 0 amide bonds. The minimum Gasteiger partial charge on any atom is -0.354 e. The van der Waals surface area contributed by atoms with Gasteiger partial charge in [0.2, 0.25) is 0 Å². The average Bonchev–Trinajstić information content (AvgIpc) is 3.33. The molecular weight excluding hydrogens is 348 g/mol. The summed E-state index contributed by atoms with van der Waals surface area (Å²) in [6.07, 6.45) is 4.86. The van der Waals surface area contributed by atoms with E-state index < -0.39 is 0 Å². The number of nitro benzene ring substituents is 1. The fourth-order valence-electron chi connectivity index (χ4n) is 3.10. The van der Waals surface area contributed by atoms with Gasteiger partial charge in [-0.15, -0.1) is 11.3 Å². The Balaban J connectivity index is 1.68. The zero-order valence-corrected chi connectivity index (χ0v) is 15.7. The van der Waals surface area contributed by atoms with E-state index in [1.807, 2.05) is 0 Å². The first kappa shape index (κ1) is 18.4. The van der Waals surface area contributed by atoms with Gasteiger partial charge in [-0.3, -0.25) is 10.1 Å². The number of hydrogen-bond acceptors (Lipinski definition) is 4. The lowest BCUT2D eigenvalue weighted by Crippen LogP contribution is -2.43. The molecule has 1 fully saturated rings. The van der Waals surface area contributed by atoms with Crippen molar-refractivity contribution in [3.63, 3.8) is 0 Å². The van der Waals surface area contributed by atoms with Crippen LogP contribution in [0.3, 0.4) is 0 Å². The Kier molecular flexibility index (Phi) is 6.22. The molecule has 3 rings (SSSR count). The van der Waals surface area contributed by atoms with Crippen LogP contribution in [0, 0.1) is 10.1 Å². The Hall–Kier alpha value is -2.41. The molecule has 6 nitrogen and oxygen atoms in total. The van der Waals surface area contributed by atoms with Gasteiger partial charge in [-0.1, -0.05) is 31.0 Å². The second kappa shape index (κ2) is 8.80. The number of guanidine groups is 1. The molecule has 0 aliphatic heterocycles. The Morgan fingerprint density at radius 1 is 1.31 bits per heavy atom. The predicted molar refractivity (Wildman–Crippen MR) is 105 cm³/mol. The summed E-state index contributed by atoms with van der Waals surface area (Å²) < 4.78 is 0. The number of benzene rings is 1. The Labute approximate surface area is 157 Å². The Morgan fingerprint density at radius 3 is 2.65 bits per heavy atom. The number of aliphatic imine (C=N–C) groups is 1. The van der Waals surface area contributed by atoms with Crippen LogP contribution < -0.4 is 10.6 Å². The van der Waals surface area contributed by atoms with Crippen LogP contribution in [-0.4, -0.2) is 16.9 Å². The third kappa shape index (κ3) is 5.05. The van der Waals surface area contributed by atoms with E-state index >= 15 is 0 Å². The van der Waals surface area contributed by atoms with Gasteiger partial charge in [0.1, 0.15) is 0 Å². The molecule has 0 bridgehead atoms. The summed E-state index contributed by atoms with van der Waals surface area (Å²) in [6, 6.07) is 11.4. The number of nitrogens with one attached hydrogen (secondary N) is 2. The number of hydrogen-bond donors (Lipinski definition) is 2. The normalized spacial score (nSPS) is 16.4. The standard InChI is InChI=1S/C19H24N4O2S/c1-14(18-7-4-12-26-18)21-19(22-16-5-2-3-6-16)20-13-15-8-10-17(11-9-15)23(24)25/h4,7-12,14,16H,2-3,5-6,13H2,1H3,(H2,20,21,22). The lowest BCUT2D eigenvalue weighted by Gasteiger charge is -2.21. The van der Waals surface area contributed by atoms with Crippen molar-refractivity contribution in [2.75, 3.05) is 0 Å². The third-order valence-electron chi connectivity index (χ3n) is 4.59. The molecule has 7 heteroatoms. The summed E-state index contributed by atoms with van der Waals surface area (Å²) in [5, 5.41) is 19.9. The highest BCUT2D eigenvalue weighted by Gasteiger charge is 2.17. The van der Waals surface area contributed by atoms with Gasteiger partial charge < -0.3 is 10.6 Å². The first-order valence-corrected chi connectivity index (χ1v) is 9.84. The van der Waals surface area contributed by atoms with Crippen molar-refractivity contribution in [3.8, 4) is 0 Å². The Bertz CT molecular complexity index is 737. The smallest absolute Gasteiger partial charge is 0.269 e. The topological polar surface area (TPSA) is 79.6 Å². The lowest BCUT2D eigenvalue weighted by atomic mass is 10.2. The van der Waals surface area contributed by atoms with E-state index in [0.717, 1.165) is 11.5 Å². The molecule has 1 saturated carbocycles. The SMILES string of the molecule is CC(NC(=NCc1ccc([N+](=O)[O-])cc1)NC1CCCC1)c1cccs1. The predicted octanol–water partition coefficient (Wildman–Crippen LogP) is 4.40. The van der Waals surface area contributed by atoms with Gasteiger partial charge in [0.25, 0.3) is 5.69 Å². The zero-order chi connectivity index (χ0) is 18.4. The van der Waals surface area contributed by atoms with E-state index in [1.165, 1.54) is 42.7 Å². The van der Waals surface area contributed by atoms with Crippen LogP contribution >= 0.6 is 11.3 Å². The summed E-state index contributed by atoms with van der Waals surface area (Å²) in [5.41, 5.74) is 1.05. The van der Waals surface area contributed by atoms with Gasteiger partial charge >= 0.3 is 0 Å². The van der Waals surface area contributed by atoms with Crippen LogP contribution in [0.25, 0.3) is 0 Å². The summed E-state index contributed by atoms with van der Waals surface area (Å²) in [4.78, 5) is 16.4. The molecule has 1 aliphatic carbocycles. The monoisotopic (exact) mass is 372 g/mol. The fraction of sp³-hybridized carbons (Fsp3) is 0.421. The highest BCUT2D eigenvalue weighted by molar-refractivity contribution is 7.10. The van der Waals surface area contributed by atoms with Crippen LogP contribution in [0.15, 0.2) is 46.8 Å². The van der Waals surface area contributed by atoms with Crippen molar-refractivity contribution in [2.24, 2.45) is 4.99 Å². The molecule has 1 aromatic heterocycles. The van der Waals surface area contributed by atoms with Crippen LogP contribution in [0.2, 0.25) is 0 Å². The van der Waals surface area contributed by atoms with Crippen LogP contribution in [-0.2, 0) is 6.54 Å². The number of thiophene rings is 1. The first-order chi connectivity index (χ1) is 12.6. The van der Waals surface area contributed by atoms with E-state index in [-0.39, 0.29) is 16.7 Å². The highest BCUT2D eigenvalue weighted by atomic mass is 32.1. The molecule has 1 aromatic carbocycles. The van der Waals surface area contributed by atoms with Gasteiger partial charge in [0.05, 0.1) is 17.5 Å². The molecule has 1 unspecified atom stereocenters. The maximum absolute atomic E-state index is 10.8. The molecule has 0 radical (unpaired) electrons. The number of nitrogens with zero attached hydrogens (tertiary/aromatic N) is 2. The molecule has 2 N–H and O–H groups in total. The minimum absolute atomic E-state index is 0.103. The van der Waals surface area contributed by atoms with Gasteiger partial charge in [0.15, 0.2) is 5.96 Å². The molecule has 1 aliphatic rings. The van der Waals surface area contributed by atoms with Crippen molar-refractivity contribution in [2.45, 2.75) is 51.2 Å². The summed E-state index contributed by atoms with van der Waals surface area (Å²) in [6.45, 7) is 2.61. The summed E-state index contributed by atoms with van der Waals surface area (Å²) >= 11 is 1.73. The van der Waals surface area contributed by atoms with Gasteiger partial charge in [-0.05, 0) is 36.8 Å². The van der Waals surface area contributed by atoms with Crippen molar-refractivity contribution in [1.29, 1.82) is 0 Å². The molecule has 0 spiro atoms. The van der Waals surface area contributed by atoms with E-state index in [2.05, 4.69) is 35.1 Å². The maximum atomic E-state index is 10.8. The lowest BCUT2D eigenvalue weighted by molar-refractivity contribution is -0.384. The second-order valence-electron chi connectivity index (χ2n) is 6.60. The van der Waals surface area contributed by atoms with Crippen molar-refractivity contribution in [1.82, 2.24) is 10.6 Å². The summed E-state index contributed by atoms with van der Waals surface area (Å²) in [5.74, 6) is 0.802. The largest absolute Gasteiger partial charge is 0.354 e. The zero-order valence-electron chi connectivity index (χ0n) is 14.9. The summed E-state index contributed by atoms with van der Waals surface area (Å²) in [7, 11) is 0. The van der Waals surface area contributed by atoms with E-state index in [0.29, 0.717) is 12.6 Å². The molecule has 26 heavy (non-hydrogen) atoms. The van der Waals surface area contributed by atoms with Crippen LogP contribution in [0.5, 0.6) is 0 Å². The van der Waals surface area contributed by atoms with Crippen LogP contribution in [0.4, 0.5) is 5.69 Å². The quantitative estimate of drug-likeness (QED) is 0.341. The second-order valence-corrected chi connectivity index (χ2v) is 7.57. The average molecular weight is 372 g/mol. The number of non-ortho nitro benzene ring substituents is 1. The molecule has 0 saturated heterocycles. The maximum Gasteiger partial charge on any atom is 0.269 e. The molecule has 138 valence electrons. The van der Waals surface area contributed by atoms with E-state index in [4.69, 9.17) is 4.99 Å². The fourth-order valence-corrected chi connectivity index (χ4v) is 3.84. The molecule has 2 aromatic rings. The molecule has 1 heterocycles. The first-order valence-electron chi connectivity index (χ1n) is 8.96. The van der Waals surface area contributed by atoms with E-state index in [9.17, 15) is 10.1 Å². The van der Waals surface area contributed by atoms with Crippen molar-refractivity contribution < 1.29 is 4.92 Å². The van der Waals surface area contributed by atoms with E-state index in [1.54, 1.807) is 23.5 Å². The van der Waals surface area contributed by atoms with Gasteiger partial charge in [-0.25, -0.2) is 4.99 Å². The van der Waals surface area contributed by atoms with Crippen molar-refractivity contribution in [3.05, 3.63) is 62.3 Å². The molecule has 1 atom stereocenters. The van der Waals surface area contributed by atoms with Crippen LogP contribution in [0.1, 0.15) is 49.1 Å². The Morgan fingerprint density at radius 2 is 2.04 bits per heavy atom. The third-order valence-corrected chi connectivity index (χ3v) is 5.64. The highest BCUT2D eigenvalue weighted by Crippen LogP contribution is 2.20. The van der Waals surface area contributed by atoms with Crippen molar-refractivity contribution >= 4 is 23.0 Å². The number of rotatable bonds is 6.